The molecular weight excluding hydrogens is 372 g/mol. The summed E-state index contributed by atoms with van der Waals surface area (Å²) in [5.74, 6) is 3.02. The fourth-order valence-electron chi connectivity index (χ4n) is 3.32. The van der Waals surface area contributed by atoms with Gasteiger partial charge in [-0.2, -0.15) is 0 Å². The van der Waals surface area contributed by atoms with E-state index in [4.69, 9.17) is 9.47 Å². The maximum absolute atomic E-state index is 12.8. The summed E-state index contributed by atoms with van der Waals surface area (Å²) in [6.45, 7) is 2.14. The number of hydrogen-bond donors (Lipinski definition) is 0. The number of rotatable bonds is 6. The van der Waals surface area contributed by atoms with Crippen molar-refractivity contribution in [1.29, 1.82) is 0 Å². The third-order valence-electron chi connectivity index (χ3n) is 4.85. The first-order valence-corrected chi connectivity index (χ1v) is 9.42. The van der Waals surface area contributed by atoms with Crippen LogP contribution in [0.3, 0.4) is 0 Å². The highest BCUT2D eigenvalue weighted by Gasteiger charge is 2.22. The molecule has 29 heavy (non-hydrogen) atoms. The van der Waals surface area contributed by atoms with E-state index in [1.54, 1.807) is 19.5 Å². The lowest BCUT2D eigenvalue weighted by molar-refractivity contribution is -0.130. The fraction of sp³-hybridized carbons (Fsp3) is 0.350. The van der Waals surface area contributed by atoms with Crippen molar-refractivity contribution >= 4 is 5.91 Å². The second kappa shape index (κ2) is 8.68. The van der Waals surface area contributed by atoms with Crippen LogP contribution in [0.5, 0.6) is 11.5 Å². The maximum Gasteiger partial charge on any atom is 0.227 e. The molecule has 0 bridgehead atoms. The number of nitrogens with zero attached hydrogens (tertiary/aromatic N) is 6. The number of carbonyl (C=O) groups is 1. The topological polar surface area (TPSA) is 95.3 Å². The number of amides is 1. The molecule has 0 fully saturated rings. The summed E-state index contributed by atoms with van der Waals surface area (Å²) in [5.41, 5.74) is 0.942. The number of methoxy groups -OCH3 is 1. The van der Waals surface area contributed by atoms with E-state index in [1.165, 1.54) is 6.33 Å². The normalized spacial score (nSPS) is 13.5. The van der Waals surface area contributed by atoms with E-state index in [1.807, 2.05) is 33.7 Å². The number of aromatic nitrogens is 5. The molecule has 1 aliphatic rings. The Labute approximate surface area is 168 Å². The summed E-state index contributed by atoms with van der Waals surface area (Å²) in [6.07, 6.45) is 5.66. The van der Waals surface area contributed by atoms with Gasteiger partial charge in [0.2, 0.25) is 5.91 Å². The largest absolute Gasteiger partial charge is 0.497 e. The van der Waals surface area contributed by atoms with Crippen molar-refractivity contribution in [1.82, 2.24) is 29.6 Å². The van der Waals surface area contributed by atoms with Crippen LogP contribution in [0.2, 0.25) is 0 Å². The quantitative estimate of drug-likeness (QED) is 0.621. The van der Waals surface area contributed by atoms with E-state index in [0.717, 1.165) is 23.0 Å². The summed E-state index contributed by atoms with van der Waals surface area (Å²) in [7, 11) is 1.62. The smallest absolute Gasteiger partial charge is 0.227 e. The van der Waals surface area contributed by atoms with Crippen molar-refractivity contribution in [2.75, 3.05) is 20.2 Å². The van der Waals surface area contributed by atoms with E-state index in [0.29, 0.717) is 38.2 Å². The molecule has 9 heteroatoms. The van der Waals surface area contributed by atoms with Crippen molar-refractivity contribution in [3.63, 3.8) is 0 Å². The first kappa shape index (κ1) is 18.9. The molecule has 3 heterocycles. The van der Waals surface area contributed by atoms with E-state index < -0.39 is 0 Å². The predicted octanol–water partition coefficient (Wildman–Crippen LogP) is 1.28. The zero-order chi connectivity index (χ0) is 20.1. The van der Waals surface area contributed by atoms with Crippen LogP contribution >= 0.6 is 0 Å². The Morgan fingerprint density at radius 2 is 1.97 bits per heavy atom. The summed E-state index contributed by atoms with van der Waals surface area (Å²) >= 11 is 0. The summed E-state index contributed by atoms with van der Waals surface area (Å²) in [6, 6.07) is 7.61. The molecule has 3 aromatic rings. The molecule has 0 atom stereocenters. The van der Waals surface area contributed by atoms with Gasteiger partial charge in [-0.25, -0.2) is 9.97 Å². The maximum atomic E-state index is 12.8. The van der Waals surface area contributed by atoms with Gasteiger partial charge in [0, 0.05) is 26.1 Å². The summed E-state index contributed by atoms with van der Waals surface area (Å²) < 4.78 is 13.0. The molecule has 150 valence electrons. The first-order chi connectivity index (χ1) is 14.2. The monoisotopic (exact) mass is 394 g/mol. The lowest BCUT2D eigenvalue weighted by Crippen LogP contribution is -2.35. The molecule has 1 aromatic carbocycles. The number of ether oxygens (including phenoxy) is 2. The molecule has 0 saturated heterocycles. The third-order valence-corrected chi connectivity index (χ3v) is 4.85. The van der Waals surface area contributed by atoms with Gasteiger partial charge in [-0.1, -0.05) is 12.1 Å². The number of benzene rings is 1. The molecule has 4 rings (SSSR count). The SMILES string of the molecule is COc1cccc(CC(=O)N2CCc3nnc(COc4cncnc4)n3CC2)c1. The molecule has 1 aliphatic heterocycles. The minimum Gasteiger partial charge on any atom is -0.497 e. The van der Waals surface area contributed by atoms with Gasteiger partial charge in [0.1, 0.15) is 24.5 Å². The Balaban J connectivity index is 1.38. The average molecular weight is 394 g/mol. The second-order valence-corrected chi connectivity index (χ2v) is 6.71. The molecule has 9 nitrogen and oxygen atoms in total. The van der Waals surface area contributed by atoms with Crippen LogP contribution in [0.25, 0.3) is 0 Å². The average Bonchev–Trinajstić information content (AvgIpc) is 3.01. The predicted molar refractivity (Wildman–Crippen MR) is 103 cm³/mol. The molecular formula is C20H22N6O3. The Morgan fingerprint density at radius 1 is 1.10 bits per heavy atom. The molecule has 0 spiro atoms. The Bertz CT molecular complexity index is 975. The highest BCUT2D eigenvalue weighted by molar-refractivity contribution is 5.79. The van der Waals surface area contributed by atoms with Crippen molar-refractivity contribution in [3.05, 3.63) is 60.2 Å². The van der Waals surface area contributed by atoms with Gasteiger partial charge in [0.15, 0.2) is 11.6 Å². The van der Waals surface area contributed by atoms with Crippen molar-refractivity contribution in [2.24, 2.45) is 0 Å². The van der Waals surface area contributed by atoms with Crippen LogP contribution < -0.4 is 9.47 Å². The molecule has 0 unspecified atom stereocenters. The molecule has 0 saturated carbocycles. The molecule has 0 radical (unpaired) electrons. The van der Waals surface area contributed by atoms with Gasteiger partial charge in [0.25, 0.3) is 0 Å². The van der Waals surface area contributed by atoms with E-state index in [9.17, 15) is 4.79 Å². The van der Waals surface area contributed by atoms with Gasteiger partial charge in [-0.15, -0.1) is 10.2 Å². The number of fused-ring (bicyclic) bond motifs is 1. The molecule has 2 aromatic heterocycles. The van der Waals surface area contributed by atoms with Crippen LogP contribution in [0.1, 0.15) is 17.2 Å². The Morgan fingerprint density at radius 3 is 2.79 bits per heavy atom. The van der Waals surface area contributed by atoms with E-state index in [-0.39, 0.29) is 12.5 Å². The molecule has 1 amide bonds. The van der Waals surface area contributed by atoms with Gasteiger partial charge >= 0.3 is 0 Å². The minimum atomic E-state index is 0.0937. The lowest BCUT2D eigenvalue weighted by Gasteiger charge is -2.20. The van der Waals surface area contributed by atoms with Gasteiger partial charge in [-0.3, -0.25) is 4.79 Å². The van der Waals surface area contributed by atoms with Crippen LogP contribution in [-0.4, -0.2) is 55.7 Å². The van der Waals surface area contributed by atoms with Crippen molar-refractivity contribution in [3.8, 4) is 11.5 Å². The Hall–Kier alpha value is -3.49. The second-order valence-electron chi connectivity index (χ2n) is 6.71. The third kappa shape index (κ3) is 4.50. The van der Waals surface area contributed by atoms with E-state index in [2.05, 4.69) is 20.2 Å². The van der Waals surface area contributed by atoms with Crippen LogP contribution in [0.15, 0.2) is 43.0 Å². The summed E-state index contributed by atoms with van der Waals surface area (Å²) in [5, 5.41) is 8.52. The van der Waals surface area contributed by atoms with Crippen molar-refractivity contribution in [2.45, 2.75) is 26.0 Å². The fourth-order valence-corrected chi connectivity index (χ4v) is 3.32. The standard InChI is InChI=1S/C20H22N6O3/c1-28-16-4-2-3-15(9-16)10-20(27)25-6-5-18-23-24-19(26(18)8-7-25)13-29-17-11-21-14-22-12-17/h2-4,9,11-12,14H,5-8,10,13H2,1H3. The van der Waals surface area contributed by atoms with Gasteiger partial charge in [0.05, 0.1) is 25.9 Å². The van der Waals surface area contributed by atoms with E-state index >= 15 is 0 Å². The zero-order valence-electron chi connectivity index (χ0n) is 16.2. The Kier molecular flexibility index (Phi) is 5.64. The van der Waals surface area contributed by atoms with Crippen LogP contribution in [0.4, 0.5) is 0 Å². The molecule has 0 N–H and O–H groups in total. The zero-order valence-corrected chi connectivity index (χ0v) is 16.2. The highest BCUT2D eigenvalue weighted by Crippen LogP contribution is 2.16. The van der Waals surface area contributed by atoms with Gasteiger partial charge in [-0.05, 0) is 17.7 Å². The number of hydrogen-bond acceptors (Lipinski definition) is 7. The highest BCUT2D eigenvalue weighted by atomic mass is 16.5. The number of carbonyl (C=O) groups excluding carboxylic acids is 1. The van der Waals surface area contributed by atoms with Crippen LogP contribution in [0, 0.1) is 0 Å². The minimum absolute atomic E-state index is 0.0937. The lowest BCUT2D eigenvalue weighted by atomic mass is 10.1. The van der Waals surface area contributed by atoms with Crippen molar-refractivity contribution < 1.29 is 14.3 Å². The van der Waals surface area contributed by atoms with Crippen LogP contribution in [-0.2, 0) is 30.8 Å². The molecule has 0 aliphatic carbocycles. The summed E-state index contributed by atoms with van der Waals surface area (Å²) in [4.78, 5) is 22.5. The van der Waals surface area contributed by atoms with Gasteiger partial charge < -0.3 is 18.9 Å². The first-order valence-electron chi connectivity index (χ1n) is 9.42.